The number of rotatable bonds is 1. The van der Waals surface area contributed by atoms with Crippen molar-refractivity contribution >= 4 is 17.4 Å². The summed E-state index contributed by atoms with van der Waals surface area (Å²) < 4.78 is 7.13. The number of carbonyl (C=O) groups excluding carboxylic acids is 1. The molecule has 0 spiro atoms. The third kappa shape index (κ3) is 2.01. The zero-order valence-corrected chi connectivity index (χ0v) is 13.1. The van der Waals surface area contributed by atoms with Gasteiger partial charge in [-0.05, 0) is 13.3 Å². The second kappa shape index (κ2) is 5.18. The Hall–Kier alpha value is -2.26. The van der Waals surface area contributed by atoms with Crippen LogP contribution in [0.25, 0.3) is 0 Å². The zero-order valence-electron chi connectivity index (χ0n) is 12.3. The summed E-state index contributed by atoms with van der Waals surface area (Å²) in [5, 5.41) is 14.2. The molecule has 2 aliphatic rings. The van der Waals surface area contributed by atoms with Crippen LogP contribution in [-0.2, 0) is 16.6 Å². The number of hydrogen-bond donors (Lipinski definition) is 1. The molecule has 0 saturated carbocycles. The highest BCUT2D eigenvalue weighted by atomic mass is 35.5. The van der Waals surface area contributed by atoms with Gasteiger partial charge < -0.3 is 10.5 Å². The number of carbonyl (C=O) groups is 1. The number of halogens is 1. The van der Waals surface area contributed by atoms with Gasteiger partial charge in [0.1, 0.15) is 17.4 Å². The third-order valence-corrected chi connectivity index (χ3v) is 4.54. The minimum Gasteiger partial charge on any atom is -0.444 e. The molecule has 22 heavy (non-hydrogen) atoms. The Kier molecular flexibility index (Phi) is 3.45. The number of Topliss-reactive ketones (excluding diaryl/α,β-unsaturated/α-hetero) is 1. The van der Waals surface area contributed by atoms with E-state index in [-0.39, 0.29) is 17.2 Å². The van der Waals surface area contributed by atoms with Crippen molar-refractivity contribution in [3.05, 3.63) is 39.2 Å². The van der Waals surface area contributed by atoms with Crippen molar-refractivity contribution in [2.24, 2.45) is 12.8 Å². The first-order valence-corrected chi connectivity index (χ1v) is 7.36. The quantitative estimate of drug-likeness (QED) is 0.856. The average Bonchev–Trinajstić information content (AvgIpc) is 2.71. The lowest BCUT2D eigenvalue weighted by molar-refractivity contribution is -0.116. The van der Waals surface area contributed by atoms with E-state index in [9.17, 15) is 10.1 Å². The van der Waals surface area contributed by atoms with Gasteiger partial charge in [0.25, 0.3) is 0 Å². The van der Waals surface area contributed by atoms with Crippen molar-refractivity contribution in [1.82, 2.24) is 9.78 Å². The fourth-order valence-electron chi connectivity index (χ4n) is 3.09. The summed E-state index contributed by atoms with van der Waals surface area (Å²) in [5.74, 6) is -0.0507. The van der Waals surface area contributed by atoms with E-state index in [1.54, 1.807) is 18.7 Å². The molecular weight excluding hydrogens is 304 g/mol. The molecule has 0 aromatic carbocycles. The van der Waals surface area contributed by atoms with E-state index in [4.69, 9.17) is 22.1 Å². The molecule has 1 aliphatic heterocycles. The van der Waals surface area contributed by atoms with E-state index in [0.717, 1.165) is 6.42 Å². The molecule has 1 aliphatic carbocycles. The molecule has 7 heteroatoms. The number of allylic oxidation sites excluding steroid dienone is 3. The monoisotopic (exact) mass is 318 g/mol. The second-order valence-electron chi connectivity index (χ2n) is 5.45. The van der Waals surface area contributed by atoms with Gasteiger partial charge in [-0.1, -0.05) is 11.6 Å². The van der Waals surface area contributed by atoms with Crippen molar-refractivity contribution in [1.29, 1.82) is 5.26 Å². The second-order valence-corrected chi connectivity index (χ2v) is 5.82. The van der Waals surface area contributed by atoms with Gasteiger partial charge in [-0.25, -0.2) is 0 Å². The van der Waals surface area contributed by atoms with E-state index in [1.807, 2.05) is 0 Å². The van der Waals surface area contributed by atoms with Crippen LogP contribution >= 0.6 is 11.6 Å². The SMILES string of the molecule is Cc1nn(C)c(C2C(C#N)=C(N)OC3=C2C(=O)CCC3)c1Cl. The molecule has 1 aromatic heterocycles. The molecule has 1 aromatic rings. The molecule has 1 atom stereocenters. The van der Waals surface area contributed by atoms with Crippen LogP contribution < -0.4 is 5.73 Å². The van der Waals surface area contributed by atoms with Gasteiger partial charge >= 0.3 is 0 Å². The number of ketones is 1. The molecule has 0 amide bonds. The Bertz CT molecular complexity index is 782. The summed E-state index contributed by atoms with van der Waals surface area (Å²) in [7, 11) is 1.74. The van der Waals surface area contributed by atoms with Crippen LogP contribution in [0.5, 0.6) is 0 Å². The Morgan fingerprint density at radius 3 is 2.82 bits per heavy atom. The largest absolute Gasteiger partial charge is 0.444 e. The molecule has 6 nitrogen and oxygen atoms in total. The van der Waals surface area contributed by atoms with Crippen molar-refractivity contribution in [2.75, 3.05) is 0 Å². The molecular formula is C15H15ClN4O2. The summed E-state index contributed by atoms with van der Waals surface area (Å²) in [6.45, 7) is 1.78. The van der Waals surface area contributed by atoms with Crippen molar-refractivity contribution in [3.8, 4) is 6.07 Å². The van der Waals surface area contributed by atoms with Gasteiger partial charge in [-0.2, -0.15) is 10.4 Å². The molecule has 0 saturated heterocycles. The molecule has 1 unspecified atom stereocenters. The summed E-state index contributed by atoms with van der Waals surface area (Å²) in [6, 6.07) is 2.06. The zero-order chi connectivity index (χ0) is 16.0. The highest BCUT2D eigenvalue weighted by molar-refractivity contribution is 6.32. The maximum absolute atomic E-state index is 12.4. The predicted octanol–water partition coefficient (Wildman–Crippen LogP) is 2.20. The Morgan fingerprint density at radius 2 is 2.23 bits per heavy atom. The Labute approximate surface area is 132 Å². The van der Waals surface area contributed by atoms with Gasteiger partial charge in [-0.3, -0.25) is 9.48 Å². The van der Waals surface area contributed by atoms with Crippen molar-refractivity contribution in [3.63, 3.8) is 0 Å². The van der Waals surface area contributed by atoms with Crippen LogP contribution in [0.2, 0.25) is 5.02 Å². The molecule has 0 radical (unpaired) electrons. The van der Waals surface area contributed by atoms with E-state index in [2.05, 4.69) is 11.2 Å². The Morgan fingerprint density at radius 1 is 1.50 bits per heavy atom. The Balaban J connectivity index is 2.27. The first kappa shape index (κ1) is 14.7. The van der Waals surface area contributed by atoms with E-state index in [0.29, 0.717) is 40.6 Å². The number of hydrogen-bond acceptors (Lipinski definition) is 5. The highest BCUT2D eigenvalue weighted by Gasteiger charge is 2.40. The van der Waals surface area contributed by atoms with Crippen LogP contribution in [0.4, 0.5) is 0 Å². The summed E-state index contributed by atoms with van der Waals surface area (Å²) in [5.41, 5.74) is 7.84. The summed E-state index contributed by atoms with van der Waals surface area (Å²) in [4.78, 5) is 12.4. The first-order chi connectivity index (χ1) is 10.5. The number of nitrogens with zero attached hydrogens (tertiary/aromatic N) is 3. The van der Waals surface area contributed by atoms with Crippen LogP contribution in [0, 0.1) is 18.3 Å². The highest BCUT2D eigenvalue weighted by Crippen LogP contribution is 2.45. The maximum atomic E-state index is 12.4. The third-order valence-electron chi connectivity index (χ3n) is 4.07. The van der Waals surface area contributed by atoms with Gasteiger partial charge in [0.15, 0.2) is 5.78 Å². The van der Waals surface area contributed by atoms with Crippen molar-refractivity contribution in [2.45, 2.75) is 32.1 Å². The number of nitriles is 1. The topological polar surface area (TPSA) is 93.9 Å². The van der Waals surface area contributed by atoms with Crippen molar-refractivity contribution < 1.29 is 9.53 Å². The van der Waals surface area contributed by atoms with Crippen LogP contribution in [-0.4, -0.2) is 15.6 Å². The average molecular weight is 319 g/mol. The van der Waals surface area contributed by atoms with E-state index >= 15 is 0 Å². The minimum atomic E-state index is -0.611. The molecule has 0 bridgehead atoms. The lowest BCUT2D eigenvalue weighted by Crippen LogP contribution is -2.28. The van der Waals surface area contributed by atoms with E-state index < -0.39 is 5.92 Å². The van der Waals surface area contributed by atoms with Crippen LogP contribution in [0.15, 0.2) is 22.8 Å². The standard InChI is InChI=1S/C15H15ClN4O2/c1-7-13(16)14(20(2)19-7)11-8(6-17)15(18)22-10-5-3-4-9(21)12(10)11/h11H,3-5,18H2,1-2H3. The number of aryl methyl sites for hydroxylation is 2. The smallest absolute Gasteiger partial charge is 0.205 e. The maximum Gasteiger partial charge on any atom is 0.205 e. The predicted molar refractivity (Wildman–Crippen MR) is 79.5 cm³/mol. The molecule has 0 fully saturated rings. The molecule has 3 rings (SSSR count). The number of nitrogens with two attached hydrogens (primary N) is 1. The van der Waals surface area contributed by atoms with Gasteiger partial charge in [0, 0.05) is 25.5 Å². The fraction of sp³-hybridized carbons (Fsp3) is 0.400. The summed E-state index contributed by atoms with van der Waals surface area (Å²) in [6.07, 6.45) is 1.79. The number of aromatic nitrogens is 2. The summed E-state index contributed by atoms with van der Waals surface area (Å²) >= 11 is 6.37. The lowest BCUT2D eigenvalue weighted by Gasteiger charge is -2.30. The van der Waals surface area contributed by atoms with Gasteiger partial charge in [0.05, 0.1) is 22.3 Å². The van der Waals surface area contributed by atoms with E-state index in [1.165, 1.54) is 0 Å². The first-order valence-electron chi connectivity index (χ1n) is 6.98. The molecule has 2 heterocycles. The minimum absolute atomic E-state index is 0.0265. The fourth-order valence-corrected chi connectivity index (χ4v) is 3.36. The van der Waals surface area contributed by atoms with Crippen LogP contribution in [0.1, 0.15) is 36.6 Å². The van der Waals surface area contributed by atoms with Crippen LogP contribution in [0.3, 0.4) is 0 Å². The molecule has 2 N–H and O–H groups in total. The number of ether oxygens (including phenoxy) is 1. The van der Waals surface area contributed by atoms with Gasteiger partial charge in [-0.15, -0.1) is 0 Å². The van der Waals surface area contributed by atoms with Gasteiger partial charge in [0.2, 0.25) is 5.88 Å². The normalized spacial score (nSPS) is 21.5. The lowest BCUT2D eigenvalue weighted by atomic mass is 9.79. The molecule has 114 valence electrons.